The zero-order valence-corrected chi connectivity index (χ0v) is 20.3. The summed E-state index contributed by atoms with van der Waals surface area (Å²) in [7, 11) is 1.70. The van der Waals surface area contributed by atoms with Crippen molar-refractivity contribution >= 4 is 17.5 Å². The molecule has 2 aromatic carbocycles. The topological polar surface area (TPSA) is 44.6 Å². The first kappa shape index (κ1) is 25.0. The van der Waals surface area contributed by atoms with Crippen LogP contribution in [0.5, 0.6) is 0 Å². The maximum atomic E-state index is 14.3. The van der Waals surface area contributed by atoms with E-state index in [1.807, 2.05) is 0 Å². The maximum absolute atomic E-state index is 14.3. The van der Waals surface area contributed by atoms with E-state index in [1.165, 1.54) is 41.3 Å². The Morgan fingerprint density at radius 3 is 2.30 bits per heavy atom. The molecule has 37 heavy (non-hydrogen) atoms. The number of hydrogen-bond acceptors (Lipinski definition) is 3. The van der Waals surface area contributed by atoms with Gasteiger partial charge < -0.3 is 9.80 Å². The average Bonchev–Trinajstić information content (AvgIpc) is 3.23. The molecule has 2 amide bonds. The Labute approximate surface area is 210 Å². The summed E-state index contributed by atoms with van der Waals surface area (Å²) < 4.78 is 71.5. The third-order valence-corrected chi connectivity index (χ3v) is 7.17. The largest absolute Gasteiger partial charge is 0.416 e. The number of halogens is 5. The fourth-order valence-corrected chi connectivity index (χ4v) is 5.41. The number of aryl methyl sites for hydroxylation is 1. The molecule has 0 spiro atoms. The van der Waals surface area contributed by atoms with Crippen molar-refractivity contribution in [2.75, 3.05) is 22.9 Å². The van der Waals surface area contributed by atoms with Gasteiger partial charge in [-0.15, -0.1) is 0 Å². The minimum absolute atomic E-state index is 0.0216. The highest BCUT2D eigenvalue weighted by Crippen LogP contribution is 2.41. The molecule has 1 atom stereocenters. The van der Waals surface area contributed by atoms with Gasteiger partial charge in [0, 0.05) is 37.9 Å². The Kier molecular flexibility index (Phi) is 6.33. The lowest BCUT2D eigenvalue weighted by Crippen LogP contribution is -2.55. The van der Waals surface area contributed by atoms with Gasteiger partial charge in [0.1, 0.15) is 17.3 Å². The Morgan fingerprint density at radius 2 is 1.65 bits per heavy atom. The molecule has 0 radical (unpaired) electrons. The summed E-state index contributed by atoms with van der Waals surface area (Å²) in [6, 6.07) is 7.33. The number of piperidine rings is 1. The molecular formula is C26H26F5N5O. The van der Waals surface area contributed by atoms with Gasteiger partial charge in [-0.1, -0.05) is 24.3 Å². The molecule has 1 saturated heterocycles. The van der Waals surface area contributed by atoms with Crippen LogP contribution in [0.15, 0.2) is 48.7 Å². The predicted octanol–water partition coefficient (Wildman–Crippen LogP) is 5.89. The van der Waals surface area contributed by atoms with Gasteiger partial charge in [0.05, 0.1) is 18.2 Å². The summed E-state index contributed by atoms with van der Waals surface area (Å²) in [6.45, 7) is 2.48. The molecule has 0 N–H and O–H groups in total. The van der Waals surface area contributed by atoms with Crippen molar-refractivity contribution in [3.05, 3.63) is 77.0 Å². The molecule has 11 heteroatoms. The Balaban J connectivity index is 1.43. The first-order valence-corrected chi connectivity index (χ1v) is 12.0. The van der Waals surface area contributed by atoms with Crippen molar-refractivity contribution in [1.29, 1.82) is 0 Å². The van der Waals surface area contributed by atoms with Gasteiger partial charge >= 0.3 is 12.2 Å². The number of urea groups is 1. The molecule has 3 aromatic rings. The zero-order chi connectivity index (χ0) is 26.5. The van der Waals surface area contributed by atoms with Crippen molar-refractivity contribution in [3.8, 4) is 0 Å². The molecule has 6 nitrogen and oxygen atoms in total. The number of hydrogen-bond donors (Lipinski definition) is 0. The van der Waals surface area contributed by atoms with Gasteiger partial charge in [-0.2, -0.15) is 18.3 Å². The molecule has 0 saturated carbocycles. The number of fused-ring (bicyclic) bond motifs is 1. The lowest BCUT2D eigenvalue weighted by Gasteiger charge is -2.44. The number of benzene rings is 2. The van der Waals surface area contributed by atoms with E-state index in [2.05, 4.69) is 5.10 Å². The monoisotopic (exact) mass is 519 g/mol. The van der Waals surface area contributed by atoms with E-state index in [-0.39, 0.29) is 23.8 Å². The van der Waals surface area contributed by atoms with Crippen LogP contribution < -0.4 is 9.80 Å². The molecule has 196 valence electrons. The van der Waals surface area contributed by atoms with Crippen LogP contribution in [0, 0.1) is 11.6 Å². The summed E-state index contributed by atoms with van der Waals surface area (Å²) >= 11 is 0. The molecule has 3 heterocycles. The van der Waals surface area contributed by atoms with Crippen LogP contribution in [0.2, 0.25) is 0 Å². The molecule has 0 bridgehead atoms. The highest BCUT2D eigenvalue weighted by molar-refractivity contribution is 5.94. The van der Waals surface area contributed by atoms with E-state index in [0.717, 1.165) is 11.6 Å². The highest BCUT2D eigenvalue weighted by Gasteiger charge is 2.43. The van der Waals surface area contributed by atoms with Gasteiger partial charge in [0.2, 0.25) is 0 Å². The minimum Gasteiger partial charge on any atom is -0.367 e. The van der Waals surface area contributed by atoms with E-state index in [4.69, 9.17) is 0 Å². The van der Waals surface area contributed by atoms with Gasteiger partial charge in [-0.25, -0.2) is 13.6 Å². The van der Waals surface area contributed by atoms with E-state index < -0.39 is 35.4 Å². The smallest absolute Gasteiger partial charge is 0.367 e. The Hall–Kier alpha value is -3.63. The molecule has 1 unspecified atom stereocenters. The predicted molar refractivity (Wildman–Crippen MR) is 128 cm³/mol. The van der Waals surface area contributed by atoms with Gasteiger partial charge in [0.15, 0.2) is 5.82 Å². The summed E-state index contributed by atoms with van der Waals surface area (Å²) in [4.78, 5) is 18.4. The Bertz CT molecular complexity index is 1290. The summed E-state index contributed by atoms with van der Waals surface area (Å²) in [5.41, 5.74) is -0.183. The van der Waals surface area contributed by atoms with E-state index >= 15 is 0 Å². The maximum Gasteiger partial charge on any atom is 0.416 e. The summed E-state index contributed by atoms with van der Waals surface area (Å²) in [5, 5.41) is 4.39. The highest BCUT2D eigenvalue weighted by atomic mass is 19.4. The molecular weight excluding hydrogens is 493 g/mol. The standard InChI is InChI=1S/C26H26F5N5O/c1-16(19-6-3-4-7-20(19)26(29,30)31)36-24-17(14-33(2)32-24)15-35(25(36)37)18-10-12-34(13-11-18)23-21(27)8-5-9-22(23)28/h3-9,14,16,18H,10-13,15H2,1-2H3. The Morgan fingerprint density at radius 1 is 1.00 bits per heavy atom. The summed E-state index contributed by atoms with van der Waals surface area (Å²) in [5.74, 6) is -0.953. The van der Waals surface area contributed by atoms with Gasteiger partial charge in [0.25, 0.3) is 0 Å². The van der Waals surface area contributed by atoms with Crippen molar-refractivity contribution in [2.24, 2.45) is 7.05 Å². The average molecular weight is 520 g/mol. The number of carbonyl (C=O) groups excluding carboxylic acids is 1. The van der Waals surface area contributed by atoms with Crippen molar-refractivity contribution in [3.63, 3.8) is 0 Å². The van der Waals surface area contributed by atoms with E-state index in [0.29, 0.717) is 31.7 Å². The second kappa shape index (κ2) is 9.35. The first-order valence-electron chi connectivity index (χ1n) is 12.0. The van der Waals surface area contributed by atoms with Crippen molar-refractivity contribution < 1.29 is 26.7 Å². The quantitative estimate of drug-likeness (QED) is 0.404. The first-order chi connectivity index (χ1) is 17.6. The number of amides is 2. The molecule has 2 aliphatic heterocycles. The number of carbonyl (C=O) groups is 1. The van der Waals surface area contributed by atoms with E-state index in [9.17, 15) is 26.7 Å². The zero-order valence-electron chi connectivity index (χ0n) is 20.3. The molecule has 0 aliphatic carbocycles. The van der Waals surface area contributed by atoms with Crippen LogP contribution in [0.4, 0.5) is 38.3 Å². The van der Waals surface area contributed by atoms with Crippen LogP contribution in [-0.4, -0.2) is 39.8 Å². The lowest BCUT2D eigenvalue weighted by molar-refractivity contribution is -0.138. The molecule has 1 aromatic heterocycles. The summed E-state index contributed by atoms with van der Waals surface area (Å²) in [6.07, 6.45) is -1.91. The third-order valence-electron chi connectivity index (χ3n) is 7.17. The van der Waals surface area contributed by atoms with E-state index in [1.54, 1.807) is 34.6 Å². The van der Waals surface area contributed by atoms with Crippen LogP contribution in [-0.2, 0) is 19.8 Å². The van der Waals surface area contributed by atoms with Crippen LogP contribution in [0.25, 0.3) is 0 Å². The van der Waals surface area contributed by atoms with Crippen molar-refractivity contribution in [2.45, 2.75) is 44.6 Å². The van der Waals surface area contributed by atoms with Gasteiger partial charge in [-0.3, -0.25) is 9.58 Å². The normalized spacial score (nSPS) is 17.8. The SMILES string of the molecule is CC(c1ccccc1C(F)(F)F)N1C(=O)N(C2CCN(c3c(F)cccc3F)CC2)Cc2cn(C)nc21. The number of alkyl halides is 3. The fourth-order valence-electron chi connectivity index (χ4n) is 5.41. The lowest BCUT2D eigenvalue weighted by atomic mass is 9.97. The van der Waals surface area contributed by atoms with Crippen LogP contribution >= 0.6 is 0 Å². The number of nitrogens with zero attached hydrogens (tertiary/aromatic N) is 5. The molecule has 1 fully saturated rings. The van der Waals surface area contributed by atoms with Crippen LogP contribution in [0.3, 0.4) is 0 Å². The minimum atomic E-state index is -4.58. The molecule has 2 aliphatic rings. The third kappa shape index (κ3) is 4.51. The van der Waals surface area contributed by atoms with Crippen molar-refractivity contribution in [1.82, 2.24) is 14.7 Å². The van der Waals surface area contributed by atoms with Crippen LogP contribution in [0.1, 0.15) is 42.5 Å². The second-order valence-electron chi connectivity index (χ2n) is 9.48. The number of rotatable bonds is 4. The van der Waals surface area contributed by atoms with Gasteiger partial charge in [-0.05, 0) is 43.5 Å². The number of anilines is 2. The number of aromatic nitrogens is 2. The fraction of sp³-hybridized carbons (Fsp3) is 0.385. The second-order valence-corrected chi connectivity index (χ2v) is 9.48. The molecule has 5 rings (SSSR count). The number of para-hydroxylation sites is 1.